The van der Waals surface area contributed by atoms with Crippen LogP contribution in [-0.2, 0) is 0 Å². The van der Waals surface area contributed by atoms with Gasteiger partial charge in [0.15, 0.2) is 5.82 Å². The maximum Gasteiger partial charge on any atom is 0.236 e. The fourth-order valence-electron chi connectivity index (χ4n) is 7.78. The molecular formula is C40H28N4Si. The summed E-state index contributed by atoms with van der Waals surface area (Å²) in [7, 11) is -2.23. The average Bonchev–Trinajstić information content (AvgIpc) is 3.67. The van der Waals surface area contributed by atoms with E-state index in [9.17, 15) is 0 Å². The molecule has 3 aromatic heterocycles. The van der Waals surface area contributed by atoms with Crippen LogP contribution in [0.2, 0.25) is 13.1 Å². The summed E-state index contributed by atoms with van der Waals surface area (Å²) in [5.74, 6) is 1.67. The Morgan fingerprint density at radius 1 is 0.489 bits per heavy atom. The smallest absolute Gasteiger partial charge is 0.236 e. The molecule has 0 amide bonds. The molecule has 0 spiro atoms. The molecule has 4 nitrogen and oxygen atoms in total. The topological polar surface area (TPSA) is 35.6 Å². The van der Waals surface area contributed by atoms with Crippen LogP contribution in [0.5, 0.6) is 0 Å². The van der Waals surface area contributed by atoms with E-state index in [1.54, 1.807) is 0 Å². The Hall–Kier alpha value is -5.52. The molecule has 0 radical (unpaired) electrons. The van der Waals surface area contributed by atoms with Gasteiger partial charge in [0.05, 0.1) is 22.1 Å². The van der Waals surface area contributed by atoms with E-state index in [0.29, 0.717) is 0 Å². The molecule has 0 fully saturated rings. The highest BCUT2D eigenvalue weighted by atomic mass is 28.3. The molecule has 0 bridgehead atoms. The van der Waals surface area contributed by atoms with Crippen molar-refractivity contribution in [1.82, 2.24) is 19.1 Å². The molecule has 5 heteroatoms. The molecule has 0 unspecified atom stereocenters. The van der Waals surface area contributed by atoms with Crippen molar-refractivity contribution in [3.05, 3.63) is 133 Å². The number of hydrogen-bond donors (Lipinski definition) is 0. The Balaban J connectivity index is 1.41. The van der Waals surface area contributed by atoms with Gasteiger partial charge in [-0.2, -0.15) is 4.98 Å². The first kappa shape index (κ1) is 24.9. The van der Waals surface area contributed by atoms with Gasteiger partial charge in [0.25, 0.3) is 0 Å². The highest BCUT2D eigenvalue weighted by Crippen LogP contribution is 2.40. The maximum absolute atomic E-state index is 5.61. The molecule has 212 valence electrons. The fraction of sp³-hybridized carbons (Fsp3) is 0.0500. The summed E-state index contributed by atoms with van der Waals surface area (Å²) in [6, 6.07) is 48.2. The highest BCUT2D eigenvalue weighted by molar-refractivity contribution is 7.03. The third-order valence-electron chi connectivity index (χ3n) is 9.87. The van der Waals surface area contributed by atoms with Crippen LogP contribution in [0.4, 0.5) is 0 Å². The van der Waals surface area contributed by atoms with E-state index in [4.69, 9.17) is 9.97 Å². The summed E-state index contributed by atoms with van der Waals surface area (Å²) < 4.78 is 4.66. The number of aromatic nitrogens is 4. The molecule has 6 aromatic carbocycles. The molecule has 0 saturated carbocycles. The maximum atomic E-state index is 5.61. The second-order valence-electron chi connectivity index (χ2n) is 12.7. The van der Waals surface area contributed by atoms with Gasteiger partial charge < -0.3 is 0 Å². The van der Waals surface area contributed by atoms with Crippen LogP contribution >= 0.6 is 0 Å². The molecule has 1 aliphatic heterocycles. The van der Waals surface area contributed by atoms with Gasteiger partial charge >= 0.3 is 0 Å². The summed E-state index contributed by atoms with van der Waals surface area (Å²) in [6.45, 7) is 4.90. The first-order valence-corrected chi connectivity index (χ1v) is 18.5. The molecule has 0 aliphatic carbocycles. The SMILES string of the molecule is C[Si]1(C)c2cc3ccccc3cc2-c2c(-n3c4ccccc4c4ccccc43)nc(-n3c4ccccc4c4ccccc43)nc21. The van der Waals surface area contributed by atoms with Crippen LogP contribution in [0.1, 0.15) is 0 Å². The van der Waals surface area contributed by atoms with Crippen molar-refractivity contribution >= 4 is 73.0 Å². The minimum absolute atomic E-state index is 0.723. The predicted molar refractivity (Wildman–Crippen MR) is 190 cm³/mol. The van der Waals surface area contributed by atoms with Gasteiger partial charge in [-0.25, -0.2) is 4.98 Å². The van der Waals surface area contributed by atoms with E-state index in [2.05, 4.69) is 156 Å². The van der Waals surface area contributed by atoms with Crippen LogP contribution in [0.3, 0.4) is 0 Å². The van der Waals surface area contributed by atoms with Gasteiger partial charge in [-0.1, -0.05) is 116 Å². The Morgan fingerprint density at radius 3 is 1.47 bits per heavy atom. The van der Waals surface area contributed by atoms with E-state index in [0.717, 1.165) is 33.8 Å². The lowest BCUT2D eigenvalue weighted by molar-refractivity contribution is 0.962. The van der Waals surface area contributed by atoms with Crippen molar-refractivity contribution < 1.29 is 0 Å². The highest BCUT2D eigenvalue weighted by Gasteiger charge is 2.42. The zero-order chi connectivity index (χ0) is 29.9. The van der Waals surface area contributed by atoms with E-state index in [1.807, 2.05) is 0 Å². The number of hydrogen-bond acceptors (Lipinski definition) is 2. The van der Waals surface area contributed by atoms with Crippen molar-refractivity contribution in [2.45, 2.75) is 13.1 Å². The fourth-order valence-corrected chi connectivity index (χ4v) is 10.7. The molecule has 9 aromatic rings. The van der Waals surface area contributed by atoms with Crippen LogP contribution in [-0.4, -0.2) is 27.2 Å². The lowest BCUT2D eigenvalue weighted by Crippen LogP contribution is -2.51. The van der Waals surface area contributed by atoms with Crippen LogP contribution in [0.15, 0.2) is 133 Å². The van der Waals surface area contributed by atoms with Crippen LogP contribution < -0.4 is 10.5 Å². The Kier molecular flexibility index (Phi) is 4.85. The standard InChI is InChI=1S/C40H28N4Si/c1-45(2)36-24-26-14-4-3-13-25(26)23-31(36)37-38(43-32-19-9-5-15-27(32)28-16-6-10-20-33(28)43)41-40(42-39(37)45)44-34-21-11-7-17-29(34)30-18-8-12-22-35(30)44/h3-24H,1-2H3. The molecule has 10 rings (SSSR count). The summed E-state index contributed by atoms with van der Waals surface area (Å²) in [6.07, 6.45) is 0. The van der Waals surface area contributed by atoms with E-state index >= 15 is 0 Å². The number of rotatable bonds is 2. The van der Waals surface area contributed by atoms with Crippen LogP contribution in [0.25, 0.3) is 77.3 Å². The van der Waals surface area contributed by atoms with E-state index < -0.39 is 8.07 Å². The second-order valence-corrected chi connectivity index (χ2v) is 16.9. The normalized spacial score (nSPS) is 13.7. The van der Waals surface area contributed by atoms with Crippen molar-refractivity contribution in [3.63, 3.8) is 0 Å². The number of fused-ring (bicyclic) bond motifs is 10. The average molecular weight is 593 g/mol. The van der Waals surface area contributed by atoms with Gasteiger partial charge in [0, 0.05) is 32.4 Å². The van der Waals surface area contributed by atoms with Crippen molar-refractivity contribution in [1.29, 1.82) is 0 Å². The number of para-hydroxylation sites is 4. The Morgan fingerprint density at radius 2 is 0.933 bits per heavy atom. The number of nitrogens with zero attached hydrogens (tertiary/aromatic N) is 4. The van der Waals surface area contributed by atoms with Gasteiger partial charge in [0.2, 0.25) is 5.95 Å². The van der Waals surface area contributed by atoms with Crippen molar-refractivity contribution in [2.24, 2.45) is 0 Å². The van der Waals surface area contributed by atoms with Gasteiger partial charge in [0.1, 0.15) is 8.07 Å². The lowest BCUT2D eigenvalue weighted by Gasteiger charge is -2.20. The van der Waals surface area contributed by atoms with Gasteiger partial charge in [-0.05, 0) is 51.9 Å². The predicted octanol–water partition coefficient (Wildman–Crippen LogP) is 8.63. The Labute approximate surface area is 260 Å². The third kappa shape index (κ3) is 3.25. The quantitative estimate of drug-likeness (QED) is 0.188. The summed E-state index contributed by atoms with van der Waals surface area (Å²) in [4.78, 5) is 11.2. The van der Waals surface area contributed by atoms with Gasteiger partial charge in [-0.3, -0.25) is 9.13 Å². The van der Waals surface area contributed by atoms with Crippen LogP contribution in [0, 0.1) is 0 Å². The Bertz CT molecular complexity index is 2590. The van der Waals surface area contributed by atoms with Crippen molar-refractivity contribution in [3.8, 4) is 22.9 Å². The lowest BCUT2D eigenvalue weighted by atomic mass is 10.0. The van der Waals surface area contributed by atoms with Crippen molar-refractivity contribution in [2.75, 3.05) is 0 Å². The molecule has 1 aliphatic rings. The first-order chi connectivity index (χ1) is 22.1. The zero-order valence-corrected chi connectivity index (χ0v) is 26.0. The van der Waals surface area contributed by atoms with Gasteiger partial charge in [-0.15, -0.1) is 0 Å². The van der Waals surface area contributed by atoms with E-state index in [-0.39, 0.29) is 0 Å². The summed E-state index contributed by atoms with van der Waals surface area (Å²) in [5, 5.41) is 10.0. The molecule has 45 heavy (non-hydrogen) atoms. The minimum atomic E-state index is -2.23. The minimum Gasteiger partial charge on any atom is -0.293 e. The first-order valence-electron chi connectivity index (χ1n) is 15.5. The number of benzene rings is 6. The third-order valence-corrected chi connectivity index (χ3v) is 13.2. The molecule has 0 atom stereocenters. The summed E-state index contributed by atoms with van der Waals surface area (Å²) in [5.41, 5.74) is 6.98. The molecule has 4 heterocycles. The largest absolute Gasteiger partial charge is 0.293 e. The molecular weight excluding hydrogens is 565 g/mol. The van der Waals surface area contributed by atoms with E-state index in [1.165, 1.54) is 53.9 Å². The zero-order valence-electron chi connectivity index (χ0n) is 25.0. The molecule has 0 N–H and O–H groups in total. The molecule has 0 saturated heterocycles. The monoisotopic (exact) mass is 592 g/mol. The second kappa shape index (κ2) is 8.77. The summed E-state index contributed by atoms with van der Waals surface area (Å²) >= 11 is 0.